The lowest BCUT2D eigenvalue weighted by atomic mass is 9.87. The molecule has 0 aliphatic carbocycles. The molecule has 2 aliphatic heterocycles. The minimum Gasteiger partial charge on any atom is -0.506 e. The van der Waals surface area contributed by atoms with E-state index >= 15 is 0 Å². The van der Waals surface area contributed by atoms with Gasteiger partial charge in [-0.05, 0) is 51.8 Å². The number of phenolic OH excluding ortho intramolecular Hbond substituents is 1. The molecule has 0 spiro atoms. The Balaban J connectivity index is 1.95. The fourth-order valence-electron chi connectivity index (χ4n) is 3.84. The number of aliphatic hydroxyl groups is 1. The summed E-state index contributed by atoms with van der Waals surface area (Å²) in [5.74, 6) is 0.0107. The number of fused-ring (bicyclic) bond motifs is 2. The van der Waals surface area contributed by atoms with Crippen LogP contribution in [0.2, 0.25) is 0 Å². The minimum atomic E-state index is -1.41. The van der Waals surface area contributed by atoms with E-state index in [1.807, 2.05) is 70.2 Å². The SMILES string of the molecule is CC(C)=CCc1c2c(c(O)c3c1O[C@@H](c1ccccc1)[C@H](O)C3=O)C=CC(C)(C)O2. The van der Waals surface area contributed by atoms with Crippen LogP contribution in [0, 0.1) is 0 Å². The second kappa shape index (κ2) is 7.33. The van der Waals surface area contributed by atoms with Gasteiger partial charge in [0.1, 0.15) is 28.4 Å². The van der Waals surface area contributed by atoms with Crippen LogP contribution >= 0.6 is 0 Å². The summed E-state index contributed by atoms with van der Waals surface area (Å²) in [5, 5.41) is 21.7. The summed E-state index contributed by atoms with van der Waals surface area (Å²) < 4.78 is 12.4. The zero-order valence-corrected chi connectivity index (χ0v) is 17.6. The molecule has 2 aliphatic rings. The highest BCUT2D eigenvalue weighted by atomic mass is 16.5. The fourth-order valence-corrected chi connectivity index (χ4v) is 3.84. The van der Waals surface area contributed by atoms with Crippen molar-refractivity contribution in [1.29, 1.82) is 0 Å². The number of aromatic hydroxyl groups is 1. The summed E-state index contributed by atoms with van der Waals surface area (Å²) in [6, 6.07) is 9.14. The van der Waals surface area contributed by atoms with Crippen molar-refractivity contribution in [2.24, 2.45) is 0 Å². The van der Waals surface area contributed by atoms with Crippen LogP contribution in [0.15, 0.2) is 48.1 Å². The largest absolute Gasteiger partial charge is 0.506 e. The first-order chi connectivity index (χ1) is 14.2. The molecule has 0 saturated heterocycles. The van der Waals surface area contributed by atoms with E-state index in [1.54, 1.807) is 6.08 Å². The number of hydrogen-bond donors (Lipinski definition) is 2. The van der Waals surface area contributed by atoms with Crippen LogP contribution in [0.4, 0.5) is 0 Å². The zero-order chi connectivity index (χ0) is 21.6. The number of aliphatic hydroxyl groups excluding tert-OH is 1. The average molecular weight is 406 g/mol. The van der Waals surface area contributed by atoms with Crippen molar-refractivity contribution in [3.8, 4) is 17.2 Å². The molecular weight excluding hydrogens is 380 g/mol. The van der Waals surface area contributed by atoms with E-state index in [1.165, 1.54) is 0 Å². The van der Waals surface area contributed by atoms with Crippen molar-refractivity contribution in [2.45, 2.75) is 51.9 Å². The van der Waals surface area contributed by atoms with Gasteiger partial charge in [0.15, 0.2) is 12.2 Å². The van der Waals surface area contributed by atoms with E-state index in [0.717, 1.165) is 5.57 Å². The minimum absolute atomic E-state index is 0.0125. The van der Waals surface area contributed by atoms with Crippen LogP contribution in [0.25, 0.3) is 6.08 Å². The summed E-state index contributed by atoms with van der Waals surface area (Å²) in [5.41, 5.74) is 2.38. The Kier molecular flexibility index (Phi) is 4.94. The van der Waals surface area contributed by atoms with Crippen molar-refractivity contribution >= 4 is 11.9 Å². The molecule has 2 heterocycles. The Hall–Kier alpha value is -3.05. The number of carbonyl (C=O) groups is 1. The number of ether oxygens (including phenoxy) is 2. The first kappa shape index (κ1) is 20.2. The second-order valence-corrected chi connectivity index (χ2v) is 8.56. The summed E-state index contributed by atoms with van der Waals surface area (Å²) in [7, 11) is 0. The lowest BCUT2D eigenvalue weighted by Crippen LogP contribution is -2.37. The van der Waals surface area contributed by atoms with Gasteiger partial charge < -0.3 is 19.7 Å². The van der Waals surface area contributed by atoms with Crippen molar-refractivity contribution in [3.63, 3.8) is 0 Å². The predicted octanol–water partition coefficient (Wildman–Crippen LogP) is 4.76. The summed E-state index contributed by atoms with van der Waals surface area (Å²) in [6.45, 7) is 7.84. The zero-order valence-electron chi connectivity index (χ0n) is 17.6. The number of Topliss-reactive ketones (excluding diaryl/α,β-unsaturated/α-hetero) is 1. The number of hydrogen-bond acceptors (Lipinski definition) is 5. The van der Waals surface area contributed by atoms with E-state index in [0.29, 0.717) is 28.9 Å². The quantitative estimate of drug-likeness (QED) is 0.719. The van der Waals surface area contributed by atoms with E-state index in [2.05, 4.69) is 0 Å². The van der Waals surface area contributed by atoms with Gasteiger partial charge in [0.2, 0.25) is 5.78 Å². The standard InChI is InChI=1S/C25H26O5/c1-14(2)10-11-17-23-16(12-13-25(3,4)30-23)19(26)18-20(27)21(28)22(29-24(17)18)15-8-6-5-7-9-15/h5-10,12-13,21-22,26,28H,11H2,1-4H3/t21-,22+/m1/s1. The molecule has 0 fully saturated rings. The van der Waals surface area contributed by atoms with Crippen LogP contribution in [0.5, 0.6) is 17.2 Å². The number of carbonyl (C=O) groups excluding carboxylic acids is 1. The molecule has 2 aromatic carbocycles. The molecular formula is C25H26O5. The van der Waals surface area contributed by atoms with Gasteiger partial charge in [-0.2, -0.15) is 0 Å². The molecule has 156 valence electrons. The maximum Gasteiger partial charge on any atom is 0.202 e. The van der Waals surface area contributed by atoms with Gasteiger partial charge in [-0.1, -0.05) is 42.0 Å². The van der Waals surface area contributed by atoms with Crippen molar-refractivity contribution in [2.75, 3.05) is 0 Å². The van der Waals surface area contributed by atoms with Crippen LogP contribution in [0.1, 0.15) is 60.8 Å². The number of ketones is 1. The van der Waals surface area contributed by atoms with E-state index in [-0.39, 0.29) is 17.1 Å². The Morgan fingerprint density at radius 3 is 2.53 bits per heavy atom. The monoisotopic (exact) mass is 406 g/mol. The van der Waals surface area contributed by atoms with Crippen LogP contribution < -0.4 is 9.47 Å². The smallest absolute Gasteiger partial charge is 0.202 e. The molecule has 5 nitrogen and oxygen atoms in total. The van der Waals surface area contributed by atoms with Crippen molar-refractivity contribution in [3.05, 3.63) is 70.3 Å². The molecule has 0 aromatic heterocycles. The van der Waals surface area contributed by atoms with Crippen LogP contribution in [-0.4, -0.2) is 27.7 Å². The van der Waals surface area contributed by atoms with Gasteiger partial charge >= 0.3 is 0 Å². The molecule has 0 saturated carbocycles. The normalized spacial score (nSPS) is 21.2. The first-order valence-corrected chi connectivity index (χ1v) is 10.1. The highest BCUT2D eigenvalue weighted by molar-refractivity contribution is 6.07. The van der Waals surface area contributed by atoms with Gasteiger partial charge in [0.25, 0.3) is 0 Å². The Morgan fingerprint density at radius 1 is 1.17 bits per heavy atom. The third kappa shape index (κ3) is 3.39. The molecule has 5 heteroatoms. The van der Waals surface area contributed by atoms with E-state index in [4.69, 9.17) is 9.47 Å². The molecule has 0 amide bonds. The van der Waals surface area contributed by atoms with Gasteiger partial charge in [0.05, 0.1) is 5.56 Å². The summed E-state index contributed by atoms with van der Waals surface area (Å²) in [6.07, 6.45) is 3.83. The maximum absolute atomic E-state index is 13.2. The highest BCUT2D eigenvalue weighted by Crippen LogP contribution is 2.51. The van der Waals surface area contributed by atoms with E-state index in [9.17, 15) is 15.0 Å². The number of benzene rings is 2. The van der Waals surface area contributed by atoms with Crippen molar-refractivity contribution in [1.82, 2.24) is 0 Å². The fraction of sp³-hybridized carbons (Fsp3) is 0.320. The third-order valence-corrected chi connectivity index (χ3v) is 5.42. The molecule has 0 radical (unpaired) electrons. The Labute approximate surface area is 176 Å². The second-order valence-electron chi connectivity index (χ2n) is 8.56. The molecule has 2 atom stereocenters. The van der Waals surface area contributed by atoms with Crippen LogP contribution in [0.3, 0.4) is 0 Å². The number of phenols is 1. The van der Waals surface area contributed by atoms with Gasteiger partial charge in [-0.15, -0.1) is 0 Å². The number of allylic oxidation sites excluding steroid dienone is 2. The molecule has 0 bridgehead atoms. The highest BCUT2D eigenvalue weighted by Gasteiger charge is 2.43. The lowest BCUT2D eigenvalue weighted by molar-refractivity contribution is 0.0204. The topological polar surface area (TPSA) is 76.0 Å². The Morgan fingerprint density at radius 2 is 1.87 bits per heavy atom. The molecule has 30 heavy (non-hydrogen) atoms. The first-order valence-electron chi connectivity index (χ1n) is 10.1. The van der Waals surface area contributed by atoms with Crippen molar-refractivity contribution < 1.29 is 24.5 Å². The van der Waals surface area contributed by atoms with Gasteiger partial charge in [-0.3, -0.25) is 4.79 Å². The Bertz CT molecular complexity index is 1060. The molecule has 2 aromatic rings. The van der Waals surface area contributed by atoms with E-state index < -0.39 is 23.6 Å². The molecule has 0 unspecified atom stereocenters. The molecule has 2 N–H and O–H groups in total. The predicted molar refractivity (Wildman–Crippen MR) is 115 cm³/mol. The molecule has 4 rings (SSSR count). The average Bonchev–Trinajstić information content (AvgIpc) is 2.69. The van der Waals surface area contributed by atoms with Crippen LogP contribution in [-0.2, 0) is 6.42 Å². The maximum atomic E-state index is 13.2. The van der Waals surface area contributed by atoms with Gasteiger partial charge in [0, 0.05) is 5.56 Å². The summed E-state index contributed by atoms with van der Waals surface area (Å²) >= 11 is 0. The third-order valence-electron chi connectivity index (χ3n) is 5.42. The summed E-state index contributed by atoms with van der Waals surface area (Å²) in [4.78, 5) is 13.2. The van der Waals surface area contributed by atoms with Gasteiger partial charge in [-0.25, -0.2) is 0 Å². The lowest BCUT2D eigenvalue weighted by Gasteiger charge is -2.35. The number of rotatable bonds is 3.